The second-order valence-corrected chi connectivity index (χ2v) is 13.7. The van der Waals surface area contributed by atoms with Crippen molar-refractivity contribution in [3.63, 3.8) is 0 Å². The SMILES string of the molecule is CCS(=O)(=O)c1ccc(-c2c(Cl)cc(NC(=O)C(F)(COC)c3ccc(S(=O)(=O)CC)cc3)cc2Cl)cc1. The fourth-order valence-corrected chi connectivity index (χ4v) is 6.19. The molecule has 1 atom stereocenters. The molecule has 38 heavy (non-hydrogen) atoms. The van der Waals surface area contributed by atoms with Gasteiger partial charge in [-0.15, -0.1) is 0 Å². The quantitative estimate of drug-likeness (QED) is 0.319. The summed E-state index contributed by atoms with van der Waals surface area (Å²) in [6.45, 7) is 2.41. The van der Waals surface area contributed by atoms with Crippen LogP contribution in [0.25, 0.3) is 11.1 Å². The molecule has 3 aromatic carbocycles. The van der Waals surface area contributed by atoms with E-state index in [1.54, 1.807) is 19.1 Å². The Balaban J connectivity index is 1.91. The lowest BCUT2D eigenvalue weighted by Crippen LogP contribution is -2.40. The van der Waals surface area contributed by atoms with Gasteiger partial charge in [0.25, 0.3) is 5.91 Å². The lowest BCUT2D eigenvalue weighted by Gasteiger charge is -2.24. The van der Waals surface area contributed by atoms with Gasteiger partial charge in [-0.3, -0.25) is 4.79 Å². The minimum absolute atomic E-state index is 0.0124. The molecule has 0 bridgehead atoms. The zero-order chi connectivity index (χ0) is 28.3. The number of sulfone groups is 2. The van der Waals surface area contributed by atoms with Crippen LogP contribution in [0.5, 0.6) is 0 Å². The van der Waals surface area contributed by atoms with E-state index in [1.165, 1.54) is 62.6 Å². The summed E-state index contributed by atoms with van der Waals surface area (Å²) in [5, 5.41) is 2.74. The topological polar surface area (TPSA) is 107 Å². The Hall–Kier alpha value is -2.50. The zero-order valence-electron chi connectivity index (χ0n) is 20.8. The maximum absolute atomic E-state index is 16.0. The number of nitrogens with one attached hydrogen (secondary N) is 1. The summed E-state index contributed by atoms with van der Waals surface area (Å²) in [5.41, 5.74) is -1.68. The molecule has 0 fully saturated rings. The van der Waals surface area contributed by atoms with Gasteiger partial charge in [-0.05, 0) is 42.0 Å². The Morgan fingerprint density at radius 1 is 0.868 bits per heavy atom. The first-order valence-corrected chi connectivity index (χ1v) is 15.5. The van der Waals surface area contributed by atoms with Crippen molar-refractivity contribution in [3.05, 3.63) is 76.3 Å². The Kier molecular flexibility index (Phi) is 9.26. The first-order chi connectivity index (χ1) is 17.8. The number of benzene rings is 3. The molecule has 204 valence electrons. The Bertz CT molecular complexity index is 1520. The number of alkyl halides is 1. The summed E-state index contributed by atoms with van der Waals surface area (Å²) in [4.78, 5) is 13.2. The molecule has 3 rings (SSSR count). The van der Waals surface area contributed by atoms with E-state index in [0.717, 1.165) is 0 Å². The summed E-state index contributed by atoms with van der Waals surface area (Å²) < 4.78 is 69.3. The van der Waals surface area contributed by atoms with Gasteiger partial charge in [0.15, 0.2) is 19.7 Å². The summed E-state index contributed by atoms with van der Waals surface area (Å²) in [7, 11) is -5.65. The van der Waals surface area contributed by atoms with Gasteiger partial charge in [0.1, 0.15) is 0 Å². The first kappa shape index (κ1) is 30.0. The molecule has 1 N–H and O–H groups in total. The molecule has 0 heterocycles. The average molecular weight is 603 g/mol. The third kappa shape index (κ3) is 6.21. The molecule has 1 amide bonds. The standard InChI is InChI=1S/C26H26Cl2FNO6S2/c1-4-37(32,33)20-10-6-17(7-11-20)24-22(27)14-19(15-23(24)28)30-25(31)26(29,16-36-3)18-8-12-21(13-9-18)38(34,35)5-2/h6-15H,4-5,16H2,1-3H3,(H,30,31). The molecule has 0 saturated carbocycles. The van der Waals surface area contributed by atoms with Gasteiger partial charge >= 0.3 is 0 Å². The number of carbonyl (C=O) groups excluding carboxylic acids is 1. The van der Waals surface area contributed by atoms with Crippen molar-refractivity contribution in [1.29, 1.82) is 0 Å². The summed E-state index contributed by atoms with van der Waals surface area (Å²) in [5.74, 6) is -1.23. The van der Waals surface area contributed by atoms with Crippen LogP contribution in [0.4, 0.5) is 10.1 Å². The van der Waals surface area contributed by atoms with Gasteiger partial charge in [-0.1, -0.05) is 61.3 Å². The van der Waals surface area contributed by atoms with Crippen molar-refractivity contribution in [2.24, 2.45) is 0 Å². The monoisotopic (exact) mass is 601 g/mol. The molecule has 0 spiro atoms. The van der Waals surface area contributed by atoms with Crippen LogP contribution < -0.4 is 5.32 Å². The Morgan fingerprint density at radius 2 is 1.32 bits per heavy atom. The molecule has 3 aromatic rings. The van der Waals surface area contributed by atoms with Crippen molar-refractivity contribution < 1.29 is 30.8 Å². The van der Waals surface area contributed by atoms with Crippen molar-refractivity contribution in [1.82, 2.24) is 0 Å². The zero-order valence-corrected chi connectivity index (χ0v) is 23.9. The number of halogens is 3. The molecule has 0 aliphatic rings. The van der Waals surface area contributed by atoms with E-state index >= 15 is 4.39 Å². The normalized spacial score (nSPS) is 13.6. The summed E-state index contributed by atoms with van der Waals surface area (Å²) in [6, 6.07) is 13.8. The van der Waals surface area contributed by atoms with Gasteiger partial charge < -0.3 is 10.1 Å². The van der Waals surface area contributed by atoms with Crippen LogP contribution >= 0.6 is 23.2 Å². The largest absolute Gasteiger partial charge is 0.380 e. The number of rotatable bonds is 10. The Morgan fingerprint density at radius 3 is 1.74 bits per heavy atom. The molecule has 0 aliphatic heterocycles. The number of carbonyl (C=O) groups is 1. The van der Waals surface area contributed by atoms with Crippen LogP contribution in [0.3, 0.4) is 0 Å². The maximum atomic E-state index is 16.0. The second kappa shape index (κ2) is 11.7. The fraction of sp³-hybridized carbons (Fsp3) is 0.269. The molecule has 7 nitrogen and oxygen atoms in total. The predicted molar refractivity (Wildman–Crippen MR) is 147 cm³/mol. The summed E-state index contributed by atoms with van der Waals surface area (Å²) >= 11 is 12.9. The van der Waals surface area contributed by atoms with Crippen molar-refractivity contribution in [2.75, 3.05) is 30.5 Å². The highest BCUT2D eigenvalue weighted by Gasteiger charge is 2.41. The van der Waals surface area contributed by atoms with Gasteiger partial charge in [-0.25, -0.2) is 21.2 Å². The van der Waals surface area contributed by atoms with E-state index in [2.05, 4.69) is 5.32 Å². The smallest absolute Gasteiger partial charge is 0.269 e. The molecular weight excluding hydrogens is 576 g/mol. The maximum Gasteiger partial charge on any atom is 0.269 e. The minimum Gasteiger partial charge on any atom is -0.380 e. The number of ether oxygens (including phenoxy) is 1. The van der Waals surface area contributed by atoms with E-state index in [-0.39, 0.29) is 42.6 Å². The van der Waals surface area contributed by atoms with E-state index in [1.807, 2.05) is 0 Å². The average Bonchev–Trinajstić information content (AvgIpc) is 2.88. The third-order valence-corrected chi connectivity index (χ3v) is 10.0. The minimum atomic E-state index is -3.50. The fourth-order valence-electron chi connectivity index (χ4n) is 3.72. The highest BCUT2D eigenvalue weighted by atomic mass is 35.5. The van der Waals surface area contributed by atoms with Gasteiger partial charge in [0, 0.05) is 23.9 Å². The highest BCUT2D eigenvalue weighted by molar-refractivity contribution is 7.91. The molecule has 0 aliphatic carbocycles. The predicted octanol–water partition coefficient (Wildman–Crippen LogP) is 5.70. The molecule has 0 saturated heterocycles. The van der Waals surface area contributed by atoms with Gasteiger partial charge in [0.05, 0.1) is 37.9 Å². The number of hydrogen-bond acceptors (Lipinski definition) is 6. The van der Waals surface area contributed by atoms with E-state index in [9.17, 15) is 21.6 Å². The van der Waals surface area contributed by atoms with Crippen LogP contribution in [0.1, 0.15) is 19.4 Å². The third-order valence-electron chi connectivity index (χ3n) is 5.94. The lowest BCUT2D eigenvalue weighted by atomic mass is 9.95. The first-order valence-electron chi connectivity index (χ1n) is 11.4. The summed E-state index contributed by atoms with van der Waals surface area (Å²) in [6.07, 6.45) is 0. The van der Waals surface area contributed by atoms with Crippen LogP contribution in [0, 0.1) is 0 Å². The van der Waals surface area contributed by atoms with Gasteiger partial charge in [-0.2, -0.15) is 0 Å². The van der Waals surface area contributed by atoms with Crippen LogP contribution in [-0.4, -0.2) is 48.0 Å². The number of methoxy groups -OCH3 is 1. The van der Waals surface area contributed by atoms with Crippen molar-refractivity contribution >= 4 is 54.5 Å². The second-order valence-electron chi connectivity index (χ2n) is 8.36. The molecule has 12 heteroatoms. The van der Waals surface area contributed by atoms with Gasteiger partial charge in [0.2, 0.25) is 5.67 Å². The molecular formula is C26H26Cl2FNO6S2. The number of amides is 1. The van der Waals surface area contributed by atoms with E-state index < -0.39 is 37.9 Å². The van der Waals surface area contributed by atoms with Crippen LogP contribution in [0.15, 0.2) is 70.5 Å². The molecule has 0 aromatic heterocycles. The van der Waals surface area contributed by atoms with Crippen molar-refractivity contribution in [3.8, 4) is 11.1 Å². The Labute approximate surface area is 231 Å². The van der Waals surface area contributed by atoms with Crippen LogP contribution in [0.2, 0.25) is 10.0 Å². The van der Waals surface area contributed by atoms with Crippen molar-refractivity contribution in [2.45, 2.75) is 29.3 Å². The molecule has 1 unspecified atom stereocenters. The molecule has 0 radical (unpaired) electrons. The van der Waals surface area contributed by atoms with Crippen LogP contribution in [-0.2, 0) is 34.9 Å². The number of hydrogen-bond donors (Lipinski definition) is 1. The van der Waals surface area contributed by atoms with E-state index in [4.69, 9.17) is 27.9 Å². The highest BCUT2D eigenvalue weighted by Crippen LogP contribution is 2.38. The lowest BCUT2D eigenvalue weighted by molar-refractivity contribution is -0.131. The van der Waals surface area contributed by atoms with E-state index in [0.29, 0.717) is 11.1 Å². The number of anilines is 1.